The maximum absolute atomic E-state index is 11.0. The summed E-state index contributed by atoms with van der Waals surface area (Å²) in [6.07, 6.45) is 0. The number of nitrogens with one attached hydrogen (secondary N) is 1. The van der Waals surface area contributed by atoms with E-state index in [-0.39, 0.29) is 17.4 Å². The lowest BCUT2D eigenvalue weighted by atomic mass is 10.1. The number of hydrogen-bond acceptors (Lipinski definition) is 4. The molecule has 1 fully saturated rings. The van der Waals surface area contributed by atoms with Gasteiger partial charge in [0.2, 0.25) is 0 Å². The molecule has 0 radical (unpaired) electrons. The second kappa shape index (κ2) is 5.87. The molecule has 2 rings (SSSR count). The van der Waals surface area contributed by atoms with Crippen LogP contribution in [0.5, 0.6) is 5.75 Å². The monoisotopic (exact) mass is 323 g/mol. The molecule has 0 saturated carbocycles. The summed E-state index contributed by atoms with van der Waals surface area (Å²) in [5.41, 5.74) is 0.863. The van der Waals surface area contributed by atoms with Crippen LogP contribution in [0.2, 0.25) is 10.0 Å². The first kappa shape index (κ1) is 14.9. The molecule has 0 amide bonds. The molecule has 0 aliphatic carbocycles. The molecule has 7 heteroatoms. The maximum atomic E-state index is 11.0. The molecule has 106 valence electrons. The van der Waals surface area contributed by atoms with Crippen LogP contribution in [0.1, 0.15) is 5.56 Å². The van der Waals surface area contributed by atoms with Crippen LogP contribution in [0.4, 0.5) is 0 Å². The van der Waals surface area contributed by atoms with E-state index in [2.05, 4.69) is 5.32 Å². The summed E-state index contributed by atoms with van der Waals surface area (Å²) in [4.78, 5) is 0. The topological polar surface area (TPSA) is 55.4 Å². The van der Waals surface area contributed by atoms with Crippen LogP contribution in [0.3, 0.4) is 0 Å². The first-order valence-corrected chi connectivity index (χ1v) is 8.42. The lowest BCUT2D eigenvalue weighted by Crippen LogP contribution is -2.42. The third-order valence-corrected chi connectivity index (χ3v) is 5.47. The molecule has 0 spiro atoms. The fourth-order valence-corrected chi connectivity index (χ4v) is 4.36. The van der Waals surface area contributed by atoms with Gasteiger partial charge in [-0.2, -0.15) is 0 Å². The van der Waals surface area contributed by atoms with Crippen molar-refractivity contribution in [1.82, 2.24) is 5.32 Å². The molecule has 1 saturated heterocycles. The van der Waals surface area contributed by atoms with E-state index < -0.39 is 9.84 Å². The normalized spacial score (nSPS) is 18.1. The smallest absolute Gasteiger partial charge is 0.151 e. The molecular formula is C12H15Cl2NO3S. The molecule has 1 N–H and O–H groups in total. The van der Waals surface area contributed by atoms with Gasteiger partial charge in [0.15, 0.2) is 9.84 Å². The Bertz CT molecular complexity index is 563. The summed E-state index contributed by atoms with van der Waals surface area (Å²) in [6, 6.07) is 3.42. The molecule has 1 heterocycles. The van der Waals surface area contributed by atoms with Gasteiger partial charge in [0.25, 0.3) is 0 Å². The Morgan fingerprint density at radius 3 is 2.63 bits per heavy atom. The average molecular weight is 324 g/mol. The van der Waals surface area contributed by atoms with E-state index in [0.717, 1.165) is 5.56 Å². The number of halogens is 2. The van der Waals surface area contributed by atoms with Crippen molar-refractivity contribution in [3.8, 4) is 5.75 Å². The summed E-state index contributed by atoms with van der Waals surface area (Å²) in [5, 5.41) is 4.23. The minimum absolute atomic E-state index is 0.200. The first-order chi connectivity index (χ1) is 8.91. The lowest BCUT2D eigenvalue weighted by Gasteiger charge is -2.26. The molecule has 19 heavy (non-hydrogen) atoms. The second-order valence-electron chi connectivity index (χ2n) is 4.65. The second-order valence-corrected chi connectivity index (χ2v) is 7.65. The van der Waals surface area contributed by atoms with Crippen molar-refractivity contribution in [2.45, 2.75) is 6.54 Å². The highest BCUT2D eigenvalue weighted by atomic mass is 35.5. The summed E-state index contributed by atoms with van der Waals surface area (Å²) in [6.45, 7) is 1.20. The fourth-order valence-electron chi connectivity index (χ4n) is 2.17. The van der Waals surface area contributed by atoms with Crippen molar-refractivity contribution in [3.05, 3.63) is 27.7 Å². The van der Waals surface area contributed by atoms with E-state index >= 15 is 0 Å². The average Bonchev–Trinajstić information content (AvgIpc) is 2.25. The zero-order valence-electron chi connectivity index (χ0n) is 10.4. The highest BCUT2D eigenvalue weighted by Crippen LogP contribution is 2.32. The van der Waals surface area contributed by atoms with Gasteiger partial charge in [0.1, 0.15) is 5.75 Å². The van der Waals surface area contributed by atoms with Gasteiger partial charge in [-0.1, -0.05) is 23.2 Å². The van der Waals surface area contributed by atoms with Gasteiger partial charge in [0.05, 0.1) is 23.6 Å². The van der Waals surface area contributed by atoms with Gasteiger partial charge in [0, 0.05) is 23.7 Å². The largest absolute Gasteiger partial charge is 0.495 e. The van der Waals surface area contributed by atoms with Gasteiger partial charge in [-0.05, 0) is 18.1 Å². The molecule has 0 aromatic heterocycles. The van der Waals surface area contributed by atoms with Crippen LogP contribution in [0.25, 0.3) is 0 Å². The number of sulfone groups is 1. The van der Waals surface area contributed by atoms with Gasteiger partial charge in [-0.3, -0.25) is 0 Å². The van der Waals surface area contributed by atoms with Crippen LogP contribution >= 0.6 is 23.2 Å². The minimum Gasteiger partial charge on any atom is -0.495 e. The van der Waals surface area contributed by atoms with Crippen molar-refractivity contribution in [1.29, 1.82) is 0 Å². The molecule has 0 unspecified atom stereocenters. The van der Waals surface area contributed by atoms with Crippen LogP contribution in [0.15, 0.2) is 12.1 Å². The molecule has 4 nitrogen and oxygen atoms in total. The van der Waals surface area contributed by atoms with E-state index in [0.29, 0.717) is 28.9 Å². The van der Waals surface area contributed by atoms with Crippen molar-refractivity contribution in [2.24, 2.45) is 5.92 Å². The first-order valence-electron chi connectivity index (χ1n) is 5.84. The fraction of sp³-hybridized carbons (Fsp3) is 0.500. The highest BCUT2D eigenvalue weighted by molar-refractivity contribution is 7.92. The highest BCUT2D eigenvalue weighted by Gasteiger charge is 2.32. The SMILES string of the molecule is COc1c(Cl)cc(Cl)cc1CNCC1CS(=O)(=O)C1. The molecule has 1 aliphatic heterocycles. The number of ether oxygens (including phenoxy) is 1. The van der Waals surface area contributed by atoms with Gasteiger partial charge >= 0.3 is 0 Å². The number of methoxy groups -OCH3 is 1. The standard InChI is InChI=1S/C12H15Cl2NO3S/c1-18-12-9(2-10(13)3-11(12)14)5-15-4-8-6-19(16,17)7-8/h2-3,8,15H,4-7H2,1H3. The molecule has 1 aromatic carbocycles. The molecule has 0 atom stereocenters. The Kier molecular flexibility index (Phi) is 4.61. The molecule has 1 aromatic rings. The van der Waals surface area contributed by atoms with Crippen molar-refractivity contribution >= 4 is 33.0 Å². The third kappa shape index (κ3) is 3.75. The van der Waals surface area contributed by atoms with E-state index in [4.69, 9.17) is 27.9 Å². The zero-order chi connectivity index (χ0) is 14.0. The molecule has 1 aliphatic rings. The quantitative estimate of drug-likeness (QED) is 0.902. The molecular weight excluding hydrogens is 309 g/mol. The van der Waals surface area contributed by atoms with Crippen molar-refractivity contribution < 1.29 is 13.2 Å². The van der Waals surface area contributed by atoms with Crippen molar-refractivity contribution in [3.63, 3.8) is 0 Å². The molecule has 0 bridgehead atoms. The lowest BCUT2D eigenvalue weighted by molar-refractivity contribution is 0.406. The Labute approximate surface area is 123 Å². The van der Waals surface area contributed by atoms with Crippen molar-refractivity contribution in [2.75, 3.05) is 25.2 Å². The summed E-state index contributed by atoms with van der Waals surface area (Å²) in [5.74, 6) is 1.34. The summed E-state index contributed by atoms with van der Waals surface area (Å²) < 4.78 is 27.3. The number of hydrogen-bond donors (Lipinski definition) is 1. The van der Waals surface area contributed by atoms with E-state index in [1.54, 1.807) is 19.2 Å². The zero-order valence-corrected chi connectivity index (χ0v) is 12.8. The van der Waals surface area contributed by atoms with Crippen LogP contribution in [-0.2, 0) is 16.4 Å². The Morgan fingerprint density at radius 2 is 2.05 bits per heavy atom. The Morgan fingerprint density at radius 1 is 1.37 bits per heavy atom. The summed E-state index contributed by atoms with van der Waals surface area (Å²) >= 11 is 12.0. The maximum Gasteiger partial charge on any atom is 0.151 e. The summed E-state index contributed by atoms with van der Waals surface area (Å²) in [7, 11) is -1.21. The number of rotatable bonds is 5. The minimum atomic E-state index is -2.76. The van der Waals surface area contributed by atoms with E-state index in [1.165, 1.54) is 0 Å². The van der Waals surface area contributed by atoms with Gasteiger partial charge in [-0.25, -0.2) is 8.42 Å². The van der Waals surface area contributed by atoms with Crippen LogP contribution < -0.4 is 10.1 Å². The predicted molar refractivity (Wildman–Crippen MR) is 76.9 cm³/mol. The third-order valence-electron chi connectivity index (χ3n) is 3.02. The Hall–Kier alpha value is -0.490. The van der Waals surface area contributed by atoms with Gasteiger partial charge in [-0.15, -0.1) is 0 Å². The van der Waals surface area contributed by atoms with Crippen LogP contribution in [-0.4, -0.2) is 33.6 Å². The van der Waals surface area contributed by atoms with Crippen LogP contribution in [0, 0.1) is 5.92 Å². The van der Waals surface area contributed by atoms with Gasteiger partial charge < -0.3 is 10.1 Å². The number of benzene rings is 1. The Balaban J connectivity index is 1.92. The predicted octanol–water partition coefficient (Wildman–Crippen LogP) is 2.14. The van der Waals surface area contributed by atoms with E-state index in [1.807, 2.05) is 0 Å². The van der Waals surface area contributed by atoms with E-state index in [9.17, 15) is 8.42 Å².